The predicted octanol–water partition coefficient (Wildman–Crippen LogP) is 4.63. The first-order chi connectivity index (χ1) is 16.0. The molecule has 0 saturated carbocycles. The molecule has 1 heterocycles. The van der Waals surface area contributed by atoms with E-state index < -0.39 is 6.10 Å². The number of carbonyl (C=O) groups excluding carboxylic acids is 2. The Bertz CT molecular complexity index is 1100. The number of benzene rings is 3. The maximum absolute atomic E-state index is 13.3. The third kappa shape index (κ3) is 4.91. The molecule has 33 heavy (non-hydrogen) atoms. The highest BCUT2D eigenvalue weighted by Crippen LogP contribution is 2.43. The molecule has 3 aromatic carbocycles. The Balaban J connectivity index is 1.56. The molecule has 3 aromatic rings. The average Bonchev–Trinajstić information content (AvgIpc) is 2.83. The van der Waals surface area contributed by atoms with Gasteiger partial charge in [0.15, 0.2) is 0 Å². The molecular formula is C27H27NO5. The van der Waals surface area contributed by atoms with Crippen molar-refractivity contribution < 1.29 is 24.2 Å². The number of rotatable bonds is 8. The summed E-state index contributed by atoms with van der Waals surface area (Å²) in [6, 6.07) is 23.9. The van der Waals surface area contributed by atoms with Crippen LogP contribution >= 0.6 is 0 Å². The van der Waals surface area contributed by atoms with Crippen molar-refractivity contribution in [2.45, 2.75) is 37.8 Å². The van der Waals surface area contributed by atoms with Gasteiger partial charge in [-0.25, -0.2) is 0 Å². The van der Waals surface area contributed by atoms with Crippen molar-refractivity contribution in [2.24, 2.45) is 0 Å². The van der Waals surface area contributed by atoms with Crippen LogP contribution in [0.15, 0.2) is 78.9 Å². The van der Waals surface area contributed by atoms with Crippen LogP contribution in [0.3, 0.4) is 0 Å². The number of methoxy groups -OCH3 is 1. The predicted molar refractivity (Wildman–Crippen MR) is 125 cm³/mol. The summed E-state index contributed by atoms with van der Waals surface area (Å²) >= 11 is 0. The molecule has 0 unspecified atom stereocenters. The Kier molecular flexibility index (Phi) is 6.75. The van der Waals surface area contributed by atoms with E-state index >= 15 is 0 Å². The van der Waals surface area contributed by atoms with Gasteiger partial charge in [0.1, 0.15) is 11.5 Å². The molecular weight excluding hydrogens is 418 g/mol. The normalized spacial score (nSPS) is 18.4. The molecule has 3 atom stereocenters. The number of hydrogen-bond acceptors (Lipinski definition) is 5. The number of β-lactam (4-membered cyclic amide) rings is 1. The maximum Gasteiger partial charge on any atom is 0.308 e. The fourth-order valence-electron chi connectivity index (χ4n) is 4.35. The van der Waals surface area contributed by atoms with Crippen molar-refractivity contribution in [3.63, 3.8) is 0 Å². The molecule has 6 heteroatoms. The SMILES string of the molecule is COc1ccc(N2C(=O)[C@H](c3ccc(OC(C)=O)cc3)[C@@H]2CC[C@@H](O)c2ccccc2)cc1. The zero-order valence-corrected chi connectivity index (χ0v) is 18.7. The van der Waals surface area contributed by atoms with Crippen LogP contribution in [0.4, 0.5) is 5.69 Å². The van der Waals surface area contributed by atoms with Gasteiger partial charge in [0, 0.05) is 12.6 Å². The van der Waals surface area contributed by atoms with Gasteiger partial charge in [0.05, 0.1) is 25.2 Å². The van der Waals surface area contributed by atoms with Crippen molar-refractivity contribution >= 4 is 17.6 Å². The minimum Gasteiger partial charge on any atom is -0.497 e. The lowest BCUT2D eigenvalue weighted by atomic mass is 9.78. The second-order valence-electron chi connectivity index (χ2n) is 8.12. The summed E-state index contributed by atoms with van der Waals surface area (Å²) < 4.78 is 10.4. The van der Waals surface area contributed by atoms with Gasteiger partial charge in [-0.1, -0.05) is 42.5 Å². The summed E-state index contributed by atoms with van der Waals surface area (Å²) in [5, 5.41) is 10.7. The number of esters is 1. The Morgan fingerprint density at radius 1 is 0.970 bits per heavy atom. The molecule has 6 nitrogen and oxygen atoms in total. The number of ether oxygens (including phenoxy) is 2. The van der Waals surface area contributed by atoms with Crippen LogP contribution in [0.2, 0.25) is 0 Å². The van der Waals surface area contributed by atoms with Crippen LogP contribution in [0.1, 0.15) is 42.9 Å². The van der Waals surface area contributed by atoms with E-state index in [0.717, 1.165) is 22.6 Å². The Hall–Kier alpha value is -3.64. The number of aliphatic hydroxyl groups excluding tert-OH is 1. The molecule has 0 aromatic heterocycles. The highest BCUT2D eigenvalue weighted by Gasteiger charge is 2.48. The minimum atomic E-state index is -0.605. The molecule has 0 radical (unpaired) electrons. The third-order valence-electron chi connectivity index (χ3n) is 5.99. The van der Waals surface area contributed by atoms with Crippen molar-refractivity contribution in [1.82, 2.24) is 0 Å². The van der Waals surface area contributed by atoms with E-state index in [0.29, 0.717) is 18.6 Å². The van der Waals surface area contributed by atoms with Gasteiger partial charge < -0.3 is 19.5 Å². The summed E-state index contributed by atoms with van der Waals surface area (Å²) in [5.74, 6) is 0.448. The van der Waals surface area contributed by atoms with Gasteiger partial charge >= 0.3 is 5.97 Å². The largest absolute Gasteiger partial charge is 0.497 e. The monoisotopic (exact) mass is 445 g/mol. The van der Waals surface area contributed by atoms with Crippen molar-refractivity contribution in [1.29, 1.82) is 0 Å². The van der Waals surface area contributed by atoms with Gasteiger partial charge in [0.25, 0.3) is 0 Å². The highest BCUT2D eigenvalue weighted by atomic mass is 16.5. The van der Waals surface area contributed by atoms with Crippen LogP contribution in [0, 0.1) is 0 Å². The number of aliphatic hydroxyl groups is 1. The first-order valence-corrected chi connectivity index (χ1v) is 11.0. The second kappa shape index (κ2) is 9.88. The number of hydrogen-bond donors (Lipinski definition) is 1. The Morgan fingerprint density at radius 2 is 1.61 bits per heavy atom. The van der Waals surface area contributed by atoms with E-state index in [1.807, 2.05) is 66.7 Å². The van der Waals surface area contributed by atoms with Crippen LogP contribution in [-0.2, 0) is 9.59 Å². The smallest absolute Gasteiger partial charge is 0.308 e. The molecule has 1 aliphatic heterocycles. The Morgan fingerprint density at radius 3 is 2.21 bits per heavy atom. The molecule has 0 aliphatic carbocycles. The lowest BCUT2D eigenvalue weighted by Gasteiger charge is -2.48. The standard InChI is InChI=1S/C27H27NO5/c1-18(29)33-23-12-8-20(9-13-23)26-24(16-17-25(30)19-6-4-3-5-7-19)28(27(26)31)21-10-14-22(32-2)15-11-21/h3-15,24-26,30H,16-17H2,1-2H3/t24-,25+,26+/m0/s1. The van der Waals surface area contributed by atoms with E-state index in [1.165, 1.54) is 6.92 Å². The molecule has 0 spiro atoms. The van der Waals surface area contributed by atoms with Crippen LogP contribution in [0.25, 0.3) is 0 Å². The lowest BCUT2D eigenvalue weighted by Crippen LogP contribution is -2.59. The van der Waals surface area contributed by atoms with Crippen LogP contribution in [0.5, 0.6) is 11.5 Å². The second-order valence-corrected chi connectivity index (χ2v) is 8.12. The molecule has 4 rings (SSSR count). The van der Waals surface area contributed by atoms with E-state index in [9.17, 15) is 14.7 Å². The van der Waals surface area contributed by atoms with E-state index in [-0.39, 0.29) is 23.8 Å². The zero-order chi connectivity index (χ0) is 23.4. The van der Waals surface area contributed by atoms with Gasteiger partial charge in [0.2, 0.25) is 5.91 Å². The fraction of sp³-hybridized carbons (Fsp3) is 0.259. The number of amides is 1. The van der Waals surface area contributed by atoms with Crippen molar-refractivity contribution in [3.05, 3.63) is 90.0 Å². The average molecular weight is 446 g/mol. The number of carbonyl (C=O) groups is 2. The molecule has 1 saturated heterocycles. The van der Waals surface area contributed by atoms with E-state index in [1.54, 1.807) is 24.1 Å². The zero-order valence-electron chi connectivity index (χ0n) is 18.7. The van der Waals surface area contributed by atoms with Gasteiger partial charge in [-0.15, -0.1) is 0 Å². The summed E-state index contributed by atoms with van der Waals surface area (Å²) in [6.45, 7) is 1.35. The third-order valence-corrected chi connectivity index (χ3v) is 5.99. The van der Waals surface area contributed by atoms with Crippen molar-refractivity contribution in [2.75, 3.05) is 12.0 Å². The molecule has 1 N–H and O–H groups in total. The molecule has 1 aliphatic rings. The van der Waals surface area contributed by atoms with Crippen LogP contribution in [-0.4, -0.2) is 30.1 Å². The van der Waals surface area contributed by atoms with Gasteiger partial charge in [-0.2, -0.15) is 0 Å². The topological polar surface area (TPSA) is 76.1 Å². The van der Waals surface area contributed by atoms with E-state index in [2.05, 4.69) is 0 Å². The lowest BCUT2D eigenvalue weighted by molar-refractivity contribution is -0.132. The number of nitrogens with zero attached hydrogens (tertiary/aromatic N) is 1. The molecule has 1 fully saturated rings. The summed E-state index contributed by atoms with van der Waals surface area (Å²) in [6.07, 6.45) is 0.549. The molecule has 1 amide bonds. The first kappa shape index (κ1) is 22.6. The molecule has 170 valence electrons. The highest BCUT2D eigenvalue weighted by molar-refractivity contribution is 6.06. The summed E-state index contributed by atoms with van der Waals surface area (Å²) in [5.41, 5.74) is 2.52. The van der Waals surface area contributed by atoms with Gasteiger partial charge in [-0.05, 0) is 60.4 Å². The van der Waals surface area contributed by atoms with Gasteiger partial charge in [-0.3, -0.25) is 9.59 Å². The Labute approximate surface area is 193 Å². The number of anilines is 1. The van der Waals surface area contributed by atoms with Crippen LogP contribution < -0.4 is 14.4 Å². The maximum atomic E-state index is 13.3. The fourth-order valence-corrected chi connectivity index (χ4v) is 4.35. The van der Waals surface area contributed by atoms with E-state index in [4.69, 9.17) is 9.47 Å². The summed E-state index contributed by atoms with van der Waals surface area (Å²) in [4.78, 5) is 26.2. The van der Waals surface area contributed by atoms with Crippen molar-refractivity contribution in [3.8, 4) is 11.5 Å². The summed E-state index contributed by atoms with van der Waals surface area (Å²) in [7, 11) is 1.60. The molecule has 0 bridgehead atoms. The quantitative estimate of drug-likeness (QED) is 0.311. The first-order valence-electron chi connectivity index (χ1n) is 11.0. The minimum absolute atomic E-state index is 0.000367.